The molecule has 2 heterocycles. The Hall–Kier alpha value is -2.35. The summed E-state index contributed by atoms with van der Waals surface area (Å²) in [7, 11) is 0. The molecular formula is C23H34N4O3. The number of rotatable bonds is 10. The standard InChI is InChI=1S/C23H34N4O3/c1-19-5-2-6-20(17-19)22(28)18-26-23(25-10-8-21-7-3-14-30-21)24-9-4-11-27-12-15-29-16-13-27/h2-3,5-7,14,17,22,28H,4,8-13,15-16,18H2,1H3,(H2,24,25,26). The van der Waals surface area contributed by atoms with Crippen LogP contribution in [0.2, 0.25) is 0 Å². The number of guanidine groups is 1. The molecule has 1 saturated heterocycles. The molecule has 1 fully saturated rings. The third-order valence-corrected chi connectivity index (χ3v) is 5.14. The molecule has 0 amide bonds. The van der Waals surface area contributed by atoms with Gasteiger partial charge in [0.2, 0.25) is 0 Å². The number of aliphatic imine (C=N–C) groups is 1. The molecule has 164 valence electrons. The number of aliphatic hydroxyl groups excluding tert-OH is 1. The van der Waals surface area contributed by atoms with Crippen molar-refractivity contribution in [2.45, 2.75) is 25.9 Å². The van der Waals surface area contributed by atoms with Crippen molar-refractivity contribution >= 4 is 5.96 Å². The van der Waals surface area contributed by atoms with E-state index in [0.717, 1.165) is 75.1 Å². The van der Waals surface area contributed by atoms with E-state index in [-0.39, 0.29) is 0 Å². The van der Waals surface area contributed by atoms with Crippen molar-refractivity contribution in [1.29, 1.82) is 0 Å². The van der Waals surface area contributed by atoms with Crippen molar-refractivity contribution in [2.24, 2.45) is 4.99 Å². The number of ether oxygens (including phenoxy) is 1. The van der Waals surface area contributed by atoms with Gasteiger partial charge in [-0.25, -0.2) is 0 Å². The van der Waals surface area contributed by atoms with E-state index in [4.69, 9.17) is 9.15 Å². The summed E-state index contributed by atoms with van der Waals surface area (Å²) in [6.07, 6.45) is 2.87. The second-order valence-electron chi connectivity index (χ2n) is 7.61. The van der Waals surface area contributed by atoms with Crippen LogP contribution in [0.25, 0.3) is 0 Å². The Morgan fingerprint density at radius 1 is 1.17 bits per heavy atom. The largest absolute Gasteiger partial charge is 0.469 e. The first kappa shape index (κ1) is 22.3. The van der Waals surface area contributed by atoms with Gasteiger partial charge in [0, 0.05) is 32.6 Å². The summed E-state index contributed by atoms with van der Waals surface area (Å²) < 4.78 is 10.8. The van der Waals surface area contributed by atoms with Gasteiger partial charge in [-0.15, -0.1) is 0 Å². The van der Waals surface area contributed by atoms with Crippen LogP contribution in [0.4, 0.5) is 0 Å². The van der Waals surface area contributed by atoms with Crippen molar-refractivity contribution in [1.82, 2.24) is 15.5 Å². The van der Waals surface area contributed by atoms with Crippen molar-refractivity contribution < 1.29 is 14.3 Å². The maximum atomic E-state index is 10.5. The monoisotopic (exact) mass is 414 g/mol. The number of aliphatic hydroxyl groups is 1. The second kappa shape index (κ2) is 12.4. The molecule has 1 aliphatic heterocycles. The third-order valence-electron chi connectivity index (χ3n) is 5.14. The molecule has 1 aliphatic rings. The van der Waals surface area contributed by atoms with Gasteiger partial charge in [0.1, 0.15) is 5.76 Å². The summed E-state index contributed by atoms with van der Waals surface area (Å²) in [4.78, 5) is 7.04. The van der Waals surface area contributed by atoms with E-state index in [1.54, 1.807) is 6.26 Å². The lowest BCUT2D eigenvalue weighted by molar-refractivity contribution is 0.0376. The van der Waals surface area contributed by atoms with Crippen LogP contribution in [-0.4, -0.2) is 68.4 Å². The highest BCUT2D eigenvalue weighted by Crippen LogP contribution is 2.14. The number of furan rings is 1. The van der Waals surface area contributed by atoms with Crippen LogP contribution in [0.1, 0.15) is 29.4 Å². The fourth-order valence-electron chi connectivity index (χ4n) is 3.43. The predicted molar refractivity (Wildman–Crippen MR) is 119 cm³/mol. The minimum atomic E-state index is -0.623. The van der Waals surface area contributed by atoms with Crippen LogP contribution in [0.3, 0.4) is 0 Å². The highest BCUT2D eigenvalue weighted by atomic mass is 16.5. The Bertz CT molecular complexity index is 758. The number of nitrogens with zero attached hydrogens (tertiary/aromatic N) is 2. The Kier molecular flexibility index (Phi) is 9.21. The lowest BCUT2D eigenvalue weighted by Gasteiger charge is -2.26. The molecule has 0 aliphatic carbocycles. The topological polar surface area (TPSA) is 82.3 Å². The molecule has 2 aromatic rings. The average Bonchev–Trinajstić information content (AvgIpc) is 3.28. The van der Waals surface area contributed by atoms with Gasteiger partial charge < -0.3 is 24.9 Å². The summed E-state index contributed by atoms with van der Waals surface area (Å²) >= 11 is 0. The maximum absolute atomic E-state index is 10.5. The van der Waals surface area contributed by atoms with Crippen LogP contribution in [-0.2, 0) is 11.2 Å². The van der Waals surface area contributed by atoms with Gasteiger partial charge in [0.15, 0.2) is 5.96 Å². The highest BCUT2D eigenvalue weighted by molar-refractivity contribution is 5.79. The molecule has 0 bridgehead atoms. The van der Waals surface area contributed by atoms with E-state index in [0.29, 0.717) is 13.1 Å². The average molecular weight is 415 g/mol. The Morgan fingerprint density at radius 3 is 2.77 bits per heavy atom. The second-order valence-corrected chi connectivity index (χ2v) is 7.61. The van der Waals surface area contributed by atoms with E-state index >= 15 is 0 Å². The fraction of sp³-hybridized carbons (Fsp3) is 0.522. The van der Waals surface area contributed by atoms with Gasteiger partial charge in [0.25, 0.3) is 0 Å². The molecular weight excluding hydrogens is 380 g/mol. The van der Waals surface area contributed by atoms with Crippen LogP contribution in [0.15, 0.2) is 52.1 Å². The molecule has 1 aromatic heterocycles. The Balaban J connectivity index is 1.48. The lowest BCUT2D eigenvalue weighted by Crippen LogP contribution is -2.41. The number of hydrogen-bond donors (Lipinski definition) is 3. The molecule has 30 heavy (non-hydrogen) atoms. The molecule has 3 N–H and O–H groups in total. The molecule has 0 saturated carbocycles. The minimum Gasteiger partial charge on any atom is -0.469 e. The molecule has 3 rings (SSSR count). The van der Waals surface area contributed by atoms with Crippen LogP contribution < -0.4 is 10.6 Å². The summed E-state index contributed by atoms with van der Waals surface area (Å²) in [5, 5.41) is 17.3. The Morgan fingerprint density at radius 2 is 2.00 bits per heavy atom. The maximum Gasteiger partial charge on any atom is 0.191 e. The Labute approximate surface area is 179 Å². The van der Waals surface area contributed by atoms with Crippen LogP contribution in [0, 0.1) is 6.92 Å². The third kappa shape index (κ3) is 7.82. The molecule has 7 heteroatoms. The molecule has 1 atom stereocenters. The van der Waals surface area contributed by atoms with E-state index < -0.39 is 6.10 Å². The van der Waals surface area contributed by atoms with Crippen molar-refractivity contribution in [3.8, 4) is 0 Å². The van der Waals surface area contributed by atoms with Crippen molar-refractivity contribution in [3.63, 3.8) is 0 Å². The molecule has 1 unspecified atom stereocenters. The van der Waals surface area contributed by atoms with E-state index in [9.17, 15) is 5.11 Å². The number of hydrogen-bond acceptors (Lipinski definition) is 5. The highest BCUT2D eigenvalue weighted by Gasteiger charge is 2.10. The molecule has 1 aromatic carbocycles. The minimum absolute atomic E-state index is 0.309. The first-order valence-corrected chi connectivity index (χ1v) is 10.8. The zero-order valence-electron chi connectivity index (χ0n) is 17.8. The normalized spacial score (nSPS) is 16.4. The van der Waals surface area contributed by atoms with Crippen LogP contribution >= 0.6 is 0 Å². The van der Waals surface area contributed by atoms with Gasteiger partial charge in [0.05, 0.1) is 32.1 Å². The van der Waals surface area contributed by atoms with Crippen LogP contribution in [0.5, 0.6) is 0 Å². The van der Waals surface area contributed by atoms with Gasteiger partial charge in [-0.2, -0.15) is 0 Å². The first-order chi connectivity index (χ1) is 14.7. The van der Waals surface area contributed by atoms with Gasteiger partial charge >= 0.3 is 0 Å². The quantitative estimate of drug-likeness (QED) is 0.314. The molecule has 7 nitrogen and oxygen atoms in total. The van der Waals surface area contributed by atoms with Crippen molar-refractivity contribution in [3.05, 3.63) is 59.5 Å². The molecule has 0 radical (unpaired) electrons. The van der Waals surface area contributed by atoms with Crippen molar-refractivity contribution in [2.75, 3.05) is 52.5 Å². The number of morpholine rings is 1. The first-order valence-electron chi connectivity index (χ1n) is 10.8. The number of aryl methyl sites for hydroxylation is 1. The summed E-state index contributed by atoms with van der Waals surface area (Å²) in [6.45, 7) is 8.57. The SMILES string of the molecule is Cc1cccc(C(O)CN=C(NCCCN2CCOCC2)NCCc2ccco2)c1. The fourth-order valence-corrected chi connectivity index (χ4v) is 3.43. The predicted octanol–water partition coefficient (Wildman–Crippen LogP) is 2.12. The van der Waals surface area contributed by atoms with E-state index in [1.165, 1.54) is 0 Å². The number of benzene rings is 1. The molecule has 0 spiro atoms. The summed E-state index contributed by atoms with van der Waals surface area (Å²) in [6, 6.07) is 11.8. The smallest absolute Gasteiger partial charge is 0.191 e. The lowest BCUT2D eigenvalue weighted by atomic mass is 10.1. The van der Waals surface area contributed by atoms with E-state index in [1.807, 2.05) is 43.3 Å². The summed E-state index contributed by atoms with van der Waals surface area (Å²) in [5.41, 5.74) is 2.02. The van der Waals surface area contributed by atoms with Gasteiger partial charge in [-0.1, -0.05) is 29.8 Å². The van der Waals surface area contributed by atoms with E-state index in [2.05, 4.69) is 20.5 Å². The zero-order valence-corrected chi connectivity index (χ0v) is 17.8. The van der Waals surface area contributed by atoms with Gasteiger partial charge in [-0.05, 0) is 37.6 Å². The summed E-state index contributed by atoms with van der Waals surface area (Å²) in [5.74, 6) is 1.66. The zero-order chi connectivity index (χ0) is 21.0. The number of nitrogens with one attached hydrogen (secondary N) is 2. The van der Waals surface area contributed by atoms with Gasteiger partial charge in [-0.3, -0.25) is 9.89 Å².